The minimum absolute atomic E-state index is 0.490. The summed E-state index contributed by atoms with van der Waals surface area (Å²) in [6.07, 6.45) is 0. The highest BCUT2D eigenvalue weighted by Gasteiger charge is 2.19. The summed E-state index contributed by atoms with van der Waals surface area (Å²) in [6.45, 7) is 4.26. The van der Waals surface area contributed by atoms with Crippen LogP contribution >= 0.6 is 23.2 Å². The summed E-state index contributed by atoms with van der Waals surface area (Å²) in [5.41, 5.74) is 0.812. The van der Waals surface area contributed by atoms with Crippen molar-refractivity contribution in [1.82, 2.24) is 20.2 Å². The van der Waals surface area contributed by atoms with Crippen molar-refractivity contribution < 1.29 is 9.64 Å². The zero-order valence-electron chi connectivity index (χ0n) is 10.7. The molecule has 0 radical (unpaired) electrons. The van der Waals surface area contributed by atoms with Crippen LogP contribution in [0.5, 0.6) is 0 Å². The molecule has 6 nitrogen and oxygen atoms in total. The quantitative estimate of drug-likeness (QED) is 0.890. The number of morpholine rings is 1. The van der Waals surface area contributed by atoms with E-state index in [1.54, 1.807) is 16.8 Å². The van der Waals surface area contributed by atoms with Crippen LogP contribution in [-0.2, 0) is 11.3 Å². The van der Waals surface area contributed by atoms with Crippen molar-refractivity contribution in [3.63, 3.8) is 0 Å². The SMILES string of the molecule is Clc1ccc(-n2nnnc2C[NH+]2CCOCC2)cc1Cl. The molecule has 1 aliphatic heterocycles. The van der Waals surface area contributed by atoms with Gasteiger partial charge in [-0.1, -0.05) is 23.2 Å². The van der Waals surface area contributed by atoms with Gasteiger partial charge in [0.15, 0.2) is 0 Å². The molecule has 8 heteroatoms. The van der Waals surface area contributed by atoms with Crippen molar-refractivity contribution in [2.24, 2.45) is 0 Å². The standard InChI is InChI=1S/C12H13Cl2N5O/c13-10-2-1-9(7-11(10)14)19-12(15-16-17-19)8-18-3-5-20-6-4-18/h1-2,7H,3-6,8H2/p+1. The van der Waals surface area contributed by atoms with Gasteiger partial charge in [0, 0.05) is 0 Å². The second-order valence-corrected chi connectivity index (χ2v) is 5.46. The Kier molecular flexibility index (Phi) is 4.16. The molecular weight excluding hydrogens is 301 g/mol. The number of rotatable bonds is 3. The Morgan fingerprint density at radius 1 is 1.20 bits per heavy atom. The number of aromatic nitrogens is 4. The lowest BCUT2D eigenvalue weighted by Crippen LogP contribution is -3.12. The molecule has 0 aliphatic carbocycles. The number of hydrogen-bond acceptors (Lipinski definition) is 4. The van der Waals surface area contributed by atoms with Crippen LogP contribution in [0.4, 0.5) is 0 Å². The normalized spacial score (nSPS) is 16.5. The van der Waals surface area contributed by atoms with Crippen molar-refractivity contribution in [2.45, 2.75) is 6.54 Å². The fourth-order valence-corrected chi connectivity index (χ4v) is 2.49. The minimum Gasteiger partial charge on any atom is -0.370 e. The Bertz CT molecular complexity index is 597. The molecule has 0 saturated carbocycles. The van der Waals surface area contributed by atoms with Gasteiger partial charge in [-0.15, -0.1) is 5.10 Å². The van der Waals surface area contributed by atoms with Gasteiger partial charge in [-0.05, 0) is 28.6 Å². The number of quaternary nitrogens is 1. The number of ether oxygens (including phenoxy) is 1. The Labute approximate surface area is 126 Å². The van der Waals surface area contributed by atoms with Gasteiger partial charge >= 0.3 is 0 Å². The first kappa shape index (κ1) is 13.8. The smallest absolute Gasteiger partial charge is 0.210 e. The maximum Gasteiger partial charge on any atom is 0.210 e. The van der Waals surface area contributed by atoms with E-state index >= 15 is 0 Å². The van der Waals surface area contributed by atoms with Gasteiger partial charge < -0.3 is 9.64 Å². The van der Waals surface area contributed by atoms with Crippen molar-refractivity contribution in [3.05, 3.63) is 34.1 Å². The van der Waals surface area contributed by atoms with Gasteiger partial charge in [-0.3, -0.25) is 0 Å². The summed E-state index contributed by atoms with van der Waals surface area (Å²) in [7, 11) is 0. The molecule has 20 heavy (non-hydrogen) atoms. The van der Waals surface area contributed by atoms with Crippen molar-refractivity contribution in [3.8, 4) is 5.69 Å². The van der Waals surface area contributed by atoms with Crippen LogP contribution in [0, 0.1) is 0 Å². The molecule has 0 amide bonds. The summed E-state index contributed by atoms with van der Waals surface area (Å²) in [5.74, 6) is 0.806. The third kappa shape index (κ3) is 2.93. The Hall–Kier alpha value is -1.21. The highest BCUT2D eigenvalue weighted by Crippen LogP contribution is 2.24. The van der Waals surface area contributed by atoms with Crippen LogP contribution in [-0.4, -0.2) is 46.5 Å². The lowest BCUT2D eigenvalue weighted by molar-refractivity contribution is -0.922. The fraction of sp³-hybridized carbons (Fsp3) is 0.417. The lowest BCUT2D eigenvalue weighted by Gasteiger charge is -2.23. The first-order chi connectivity index (χ1) is 9.74. The second kappa shape index (κ2) is 6.05. The minimum atomic E-state index is 0.490. The molecule has 0 unspecified atom stereocenters. The molecule has 106 valence electrons. The molecule has 0 bridgehead atoms. The molecule has 3 rings (SSSR count). The van der Waals surface area contributed by atoms with E-state index in [1.165, 1.54) is 4.90 Å². The molecule has 1 fully saturated rings. The number of tetrazole rings is 1. The zero-order chi connectivity index (χ0) is 13.9. The van der Waals surface area contributed by atoms with E-state index in [-0.39, 0.29) is 0 Å². The summed E-state index contributed by atoms with van der Waals surface area (Å²) in [6, 6.07) is 5.35. The number of nitrogens with one attached hydrogen (secondary N) is 1. The third-order valence-corrected chi connectivity index (χ3v) is 4.03. The van der Waals surface area contributed by atoms with Crippen LogP contribution in [0.3, 0.4) is 0 Å². The largest absolute Gasteiger partial charge is 0.370 e. The monoisotopic (exact) mass is 314 g/mol. The van der Waals surface area contributed by atoms with Crippen LogP contribution < -0.4 is 4.90 Å². The van der Waals surface area contributed by atoms with Gasteiger partial charge in [0.25, 0.3) is 0 Å². The average Bonchev–Trinajstić information content (AvgIpc) is 2.91. The molecule has 0 atom stereocenters. The average molecular weight is 315 g/mol. The number of benzene rings is 1. The van der Waals surface area contributed by atoms with Crippen LogP contribution in [0.2, 0.25) is 10.0 Å². The lowest BCUT2D eigenvalue weighted by atomic mass is 10.3. The van der Waals surface area contributed by atoms with Crippen LogP contribution in [0.1, 0.15) is 5.82 Å². The predicted molar refractivity (Wildman–Crippen MR) is 74.4 cm³/mol. The maximum atomic E-state index is 6.04. The summed E-state index contributed by atoms with van der Waals surface area (Å²) >= 11 is 12.0. The topological polar surface area (TPSA) is 57.3 Å². The molecule has 2 heterocycles. The van der Waals surface area contributed by atoms with E-state index in [4.69, 9.17) is 27.9 Å². The van der Waals surface area contributed by atoms with E-state index in [1.807, 2.05) is 6.07 Å². The van der Waals surface area contributed by atoms with Crippen LogP contribution in [0.25, 0.3) is 5.69 Å². The first-order valence-corrected chi connectivity index (χ1v) is 7.13. The van der Waals surface area contributed by atoms with E-state index in [0.29, 0.717) is 10.0 Å². The summed E-state index contributed by atoms with van der Waals surface area (Å²) in [4.78, 5) is 1.41. The van der Waals surface area contributed by atoms with E-state index in [9.17, 15) is 0 Å². The molecule has 1 aliphatic rings. The second-order valence-electron chi connectivity index (χ2n) is 4.64. The number of halogens is 2. The molecule has 1 saturated heterocycles. The van der Waals surface area contributed by atoms with Crippen LogP contribution in [0.15, 0.2) is 18.2 Å². The maximum absolute atomic E-state index is 6.04. The molecule has 1 aromatic carbocycles. The predicted octanol–water partition coefficient (Wildman–Crippen LogP) is 0.384. The molecule has 1 N–H and O–H groups in total. The summed E-state index contributed by atoms with van der Waals surface area (Å²) in [5, 5.41) is 12.9. The highest BCUT2D eigenvalue weighted by molar-refractivity contribution is 6.42. The van der Waals surface area contributed by atoms with E-state index < -0.39 is 0 Å². The summed E-state index contributed by atoms with van der Waals surface area (Å²) < 4.78 is 7.05. The van der Waals surface area contributed by atoms with Gasteiger partial charge in [-0.2, -0.15) is 4.68 Å². The van der Waals surface area contributed by atoms with Gasteiger partial charge in [-0.25, -0.2) is 0 Å². The molecular formula is C12H14Cl2N5O+. The number of hydrogen-bond donors (Lipinski definition) is 1. The van der Waals surface area contributed by atoms with Gasteiger partial charge in [0.05, 0.1) is 28.9 Å². The van der Waals surface area contributed by atoms with E-state index in [2.05, 4.69) is 15.5 Å². The van der Waals surface area contributed by atoms with Crippen molar-refractivity contribution in [1.29, 1.82) is 0 Å². The van der Waals surface area contributed by atoms with Gasteiger partial charge in [0.2, 0.25) is 5.82 Å². The molecule has 2 aromatic rings. The Morgan fingerprint density at radius 2 is 2.00 bits per heavy atom. The van der Waals surface area contributed by atoms with E-state index in [0.717, 1.165) is 44.4 Å². The molecule has 1 aromatic heterocycles. The third-order valence-electron chi connectivity index (χ3n) is 3.29. The highest BCUT2D eigenvalue weighted by atomic mass is 35.5. The molecule has 0 spiro atoms. The van der Waals surface area contributed by atoms with Gasteiger partial charge in [0.1, 0.15) is 19.6 Å². The Morgan fingerprint density at radius 3 is 2.75 bits per heavy atom. The zero-order valence-corrected chi connectivity index (χ0v) is 12.2. The first-order valence-electron chi connectivity index (χ1n) is 6.38. The van der Waals surface area contributed by atoms with Crippen molar-refractivity contribution in [2.75, 3.05) is 26.3 Å². The number of nitrogens with zero attached hydrogens (tertiary/aromatic N) is 4. The Balaban J connectivity index is 1.83. The fourth-order valence-electron chi connectivity index (χ4n) is 2.19. The van der Waals surface area contributed by atoms with Crippen molar-refractivity contribution >= 4 is 23.2 Å².